The van der Waals surface area contributed by atoms with E-state index in [0.717, 1.165) is 10.6 Å². The molecule has 1 aliphatic rings. The molecule has 0 radical (unpaired) electrons. The van der Waals surface area contributed by atoms with Crippen LogP contribution in [0, 0.1) is 5.92 Å². The zero-order valence-electron chi connectivity index (χ0n) is 12.4. The van der Waals surface area contributed by atoms with E-state index in [1.807, 2.05) is 18.3 Å². The molecule has 0 unspecified atom stereocenters. The Morgan fingerprint density at radius 1 is 1.39 bits per heavy atom. The van der Waals surface area contributed by atoms with Crippen LogP contribution < -0.4 is 10.6 Å². The van der Waals surface area contributed by atoms with Crippen LogP contribution in [0.25, 0.3) is 0 Å². The standard InChI is InChI=1S/C15H17F3N2O2S/c1-2-23-10-5-3-4-9(8-10)19-13(21)11-6-7-12(15(16,17)18)20-14(11)22/h3-5,8,11-12H,2,6-7H2,1H3,(H,19,21)(H,20,22)/t11-,12+/m1/s1. The number of amides is 2. The van der Waals surface area contributed by atoms with Crippen molar-refractivity contribution in [1.82, 2.24) is 5.32 Å². The molecule has 1 aromatic rings. The lowest BCUT2D eigenvalue weighted by molar-refractivity contribution is -0.170. The number of carbonyl (C=O) groups is 2. The number of piperidine rings is 1. The van der Waals surface area contributed by atoms with E-state index in [4.69, 9.17) is 0 Å². The van der Waals surface area contributed by atoms with E-state index in [1.54, 1.807) is 30.0 Å². The highest BCUT2D eigenvalue weighted by atomic mass is 32.2. The Labute approximate surface area is 136 Å². The van der Waals surface area contributed by atoms with Crippen molar-refractivity contribution >= 4 is 29.3 Å². The molecule has 0 saturated carbocycles. The number of benzene rings is 1. The maximum absolute atomic E-state index is 12.6. The molecule has 0 bridgehead atoms. The summed E-state index contributed by atoms with van der Waals surface area (Å²) in [5.74, 6) is -1.69. The molecule has 23 heavy (non-hydrogen) atoms. The number of alkyl halides is 3. The number of carbonyl (C=O) groups excluding carboxylic acids is 2. The van der Waals surface area contributed by atoms with Gasteiger partial charge >= 0.3 is 6.18 Å². The molecule has 0 spiro atoms. The fourth-order valence-corrected chi connectivity index (χ4v) is 3.08. The van der Waals surface area contributed by atoms with Crippen molar-refractivity contribution in [3.8, 4) is 0 Å². The third-order valence-electron chi connectivity index (χ3n) is 3.50. The summed E-state index contributed by atoms with van der Waals surface area (Å²) in [4.78, 5) is 24.9. The normalized spacial score (nSPS) is 21.7. The first-order valence-corrected chi connectivity index (χ1v) is 8.20. The molecule has 1 heterocycles. The van der Waals surface area contributed by atoms with Gasteiger partial charge in [-0.3, -0.25) is 9.59 Å². The van der Waals surface area contributed by atoms with Crippen LogP contribution in [0.3, 0.4) is 0 Å². The highest BCUT2D eigenvalue weighted by molar-refractivity contribution is 7.99. The molecule has 1 aliphatic heterocycles. The summed E-state index contributed by atoms with van der Waals surface area (Å²) >= 11 is 1.60. The molecule has 2 N–H and O–H groups in total. The Morgan fingerprint density at radius 2 is 2.13 bits per heavy atom. The van der Waals surface area contributed by atoms with E-state index in [1.165, 1.54) is 0 Å². The summed E-state index contributed by atoms with van der Waals surface area (Å²) in [5.41, 5.74) is 0.527. The molecular weight excluding hydrogens is 329 g/mol. The van der Waals surface area contributed by atoms with Crippen LogP contribution in [0.15, 0.2) is 29.2 Å². The van der Waals surface area contributed by atoms with Gasteiger partial charge in [0.05, 0.1) is 0 Å². The van der Waals surface area contributed by atoms with E-state index >= 15 is 0 Å². The smallest absolute Gasteiger partial charge is 0.344 e. The Morgan fingerprint density at radius 3 is 2.74 bits per heavy atom. The van der Waals surface area contributed by atoms with Gasteiger partial charge in [0.25, 0.3) is 0 Å². The van der Waals surface area contributed by atoms with Gasteiger partial charge in [-0.05, 0) is 36.8 Å². The minimum absolute atomic E-state index is 0.120. The Kier molecular flexibility index (Phi) is 5.56. The minimum atomic E-state index is -4.48. The van der Waals surface area contributed by atoms with Crippen LogP contribution in [0.1, 0.15) is 19.8 Å². The summed E-state index contributed by atoms with van der Waals surface area (Å²) in [7, 11) is 0. The second kappa shape index (κ2) is 7.25. The maximum Gasteiger partial charge on any atom is 0.408 e. The van der Waals surface area contributed by atoms with Crippen LogP contribution in [-0.2, 0) is 9.59 Å². The lowest BCUT2D eigenvalue weighted by Crippen LogP contribution is -2.53. The third kappa shape index (κ3) is 4.63. The number of hydrogen-bond acceptors (Lipinski definition) is 3. The number of anilines is 1. The van der Waals surface area contributed by atoms with Crippen LogP contribution in [0.5, 0.6) is 0 Å². The molecule has 0 aromatic heterocycles. The zero-order chi connectivity index (χ0) is 17.0. The van der Waals surface area contributed by atoms with Crippen molar-refractivity contribution in [3.63, 3.8) is 0 Å². The van der Waals surface area contributed by atoms with Gasteiger partial charge in [-0.25, -0.2) is 0 Å². The molecule has 1 aromatic carbocycles. The van der Waals surface area contributed by atoms with Gasteiger partial charge in [0.2, 0.25) is 11.8 Å². The van der Waals surface area contributed by atoms with E-state index < -0.39 is 30.0 Å². The summed E-state index contributed by atoms with van der Waals surface area (Å²) in [6.07, 6.45) is -4.90. The lowest BCUT2D eigenvalue weighted by atomic mass is 9.92. The summed E-state index contributed by atoms with van der Waals surface area (Å²) in [6, 6.07) is 5.24. The first-order chi connectivity index (χ1) is 10.8. The SMILES string of the molecule is CCSc1cccc(NC(=O)[C@H]2CC[C@@H](C(F)(F)F)NC2=O)c1. The molecule has 2 amide bonds. The van der Waals surface area contributed by atoms with Gasteiger partial charge in [-0.15, -0.1) is 11.8 Å². The van der Waals surface area contributed by atoms with E-state index in [-0.39, 0.29) is 12.8 Å². The highest BCUT2D eigenvalue weighted by Crippen LogP contribution is 2.29. The summed E-state index contributed by atoms with van der Waals surface area (Å²) in [5, 5.41) is 4.48. The quantitative estimate of drug-likeness (QED) is 0.650. The Bertz CT molecular complexity index is 592. The molecule has 2 rings (SSSR count). The molecule has 8 heteroatoms. The van der Waals surface area contributed by atoms with Gasteiger partial charge in [-0.1, -0.05) is 13.0 Å². The van der Waals surface area contributed by atoms with Crippen molar-refractivity contribution in [3.05, 3.63) is 24.3 Å². The lowest BCUT2D eigenvalue weighted by Gasteiger charge is -2.29. The maximum atomic E-state index is 12.6. The third-order valence-corrected chi connectivity index (χ3v) is 4.38. The topological polar surface area (TPSA) is 58.2 Å². The van der Waals surface area contributed by atoms with Crippen LogP contribution >= 0.6 is 11.8 Å². The van der Waals surface area contributed by atoms with Gasteiger partial charge in [0.15, 0.2) is 0 Å². The molecule has 1 fully saturated rings. The predicted octanol–water partition coefficient (Wildman–Crippen LogP) is 3.19. The first-order valence-electron chi connectivity index (χ1n) is 7.22. The Hall–Kier alpha value is -1.70. The number of halogens is 3. The second-order valence-corrected chi connectivity index (χ2v) is 6.52. The fourth-order valence-electron chi connectivity index (χ4n) is 2.36. The van der Waals surface area contributed by atoms with Crippen molar-refractivity contribution in [2.24, 2.45) is 5.92 Å². The van der Waals surface area contributed by atoms with E-state index in [0.29, 0.717) is 5.69 Å². The van der Waals surface area contributed by atoms with E-state index in [2.05, 4.69) is 5.32 Å². The second-order valence-electron chi connectivity index (χ2n) is 5.18. The zero-order valence-corrected chi connectivity index (χ0v) is 13.3. The number of thioether (sulfide) groups is 1. The fraction of sp³-hybridized carbons (Fsp3) is 0.467. The number of rotatable bonds is 4. The predicted molar refractivity (Wildman–Crippen MR) is 82.2 cm³/mol. The van der Waals surface area contributed by atoms with Crippen molar-refractivity contribution in [2.75, 3.05) is 11.1 Å². The molecule has 126 valence electrons. The van der Waals surface area contributed by atoms with Gasteiger partial charge in [0, 0.05) is 10.6 Å². The summed E-state index contributed by atoms with van der Waals surface area (Å²) in [6.45, 7) is 2.00. The van der Waals surface area contributed by atoms with Gasteiger partial charge in [0.1, 0.15) is 12.0 Å². The first kappa shape index (κ1) is 17.7. The van der Waals surface area contributed by atoms with Gasteiger partial charge in [-0.2, -0.15) is 13.2 Å². The largest absolute Gasteiger partial charge is 0.408 e. The highest BCUT2D eigenvalue weighted by Gasteiger charge is 2.45. The van der Waals surface area contributed by atoms with Gasteiger partial charge < -0.3 is 10.6 Å². The monoisotopic (exact) mass is 346 g/mol. The molecule has 2 atom stereocenters. The van der Waals surface area contributed by atoms with Crippen LogP contribution in [-0.4, -0.2) is 29.8 Å². The van der Waals surface area contributed by atoms with Crippen LogP contribution in [0.4, 0.5) is 18.9 Å². The van der Waals surface area contributed by atoms with Crippen molar-refractivity contribution in [1.29, 1.82) is 0 Å². The van der Waals surface area contributed by atoms with Crippen LogP contribution in [0.2, 0.25) is 0 Å². The average molecular weight is 346 g/mol. The number of hydrogen-bond donors (Lipinski definition) is 2. The average Bonchev–Trinajstić information content (AvgIpc) is 2.46. The minimum Gasteiger partial charge on any atom is -0.344 e. The molecular formula is C15H17F3N2O2S. The molecule has 0 aliphatic carbocycles. The van der Waals surface area contributed by atoms with Crippen molar-refractivity contribution < 1.29 is 22.8 Å². The number of nitrogens with one attached hydrogen (secondary N) is 2. The summed E-state index contributed by atoms with van der Waals surface area (Å²) < 4.78 is 37.8. The van der Waals surface area contributed by atoms with E-state index in [9.17, 15) is 22.8 Å². The molecule has 4 nitrogen and oxygen atoms in total. The van der Waals surface area contributed by atoms with Crippen molar-refractivity contribution in [2.45, 2.75) is 36.9 Å². The molecule has 1 saturated heterocycles. The Balaban J connectivity index is 1.99.